The maximum absolute atomic E-state index is 13.0. The zero-order valence-electron chi connectivity index (χ0n) is 15.4. The number of hydrogen-bond donors (Lipinski definition) is 1. The number of aromatic nitrogens is 2. The van der Waals surface area contributed by atoms with Gasteiger partial charge < -0.3 is 19.4 Å². The summed E-state index contributed by atoms with van der Waals surface area (Å²) >= 11 is 0. The van der Waals surface area contributed by atoms with Crippen LogP contribution in [0.15, 0.2) is 42.5 Å². The Kier molecular flexibility index (Phi) is 3.65. The molecule has 0 radical (unpaired) electrons. The summed E-state index contributed by atoms with van der Waals surface area (Å²) in [5, 5.41) is 0. The lowest BCUT2D eigenvalue weighted by molar-refractivity contribution is 0.0427. The lowest BCUT2D eigenvalue weighted by atomic mass is 9.89. The zero-order valence-corrected chi connectivity index (χ0v) is 15.4. The number of Topliss-reactive ketones (excluding diaryl/α,β-unsaturated/α-hetero) is 1. The van der Waals surface area contributed by atoms with E-state index < -0.39 is 5.60 Å². The number of pyridine rings is 1. The Hall–Kier alpha value is -3.35. The molecule has 3 aromatic rings. The molecule has 1 unspecified atom stereocenters. The quantitative estimate of drug-likeness (QED) is 0.742. The van der Waals surface area contributed by atoms with Crippen molar-refractivity contribution in [3.8, 4) is 11.6 Å². The molecular formula is C21H19N3O4. The number of amides is 1. The molecule has 1 aromatic carbocycles. The third kappa shape index (κ3) is 2.62. The third-order valence-electron chi connectivity index (χ3n) is 5.49. The smallest absolute Gasteiger partial charge is 0.270 e. The fraction of sp³-hybridized carbons (Fsp3) is 0.286. The number of aromatic amines is 1. The van der Waals surface area contributed by atoms with Crippen LogP contribution in [0.3, 0.4) is 0 Å². The molecule has 1 spiro atoms. The number of para-hydroxylation sites is 1. The van der Waals surface area contributed by atoms with Crippen molar-refractivity contribution in [2.24, 2.45) is 0 Å². The first-order chi connectivity index (χ1) is 13.6. The van der Waals surface area contributed by atoms with E-state index in [2.05, 4.69) is 9.97 Å². The molecule has 1 atom stereocenters. The van der Waals surface area contributed by atoms with Crippen LogP contribution in [0.4, 0.5) is 0 Å². The van der Waals surface area contributed by atoms with Gasteiger partial charge in [-0.15, -0.1) is 0 Å². The molecule has 1 N–H and O–H groups in total. The lowest BCUT2D eigenvalue weighted by Crippen LogP contribution is -2.45. The van der Waals surface area contributed by atoms with Gasteiger partial charge in [-0.25, -0.2) is 4.98 Å². The number of ether oxygens (including phenoxy) is 2. The first-order valence-corrected chi connectivity index (χ1v) is 9.21. The Morgan fingerprint density at radius 1 is 1.29 bits per heavy atom. The summed E-state index contributed by atoms with van der Waals surface area (Å²) in [6.07, 6.45) is 0.921. The van der Waals surface area contributed by atoms with Crippen LogP contribution in [0.5, 0.6) is 11.6 Å². The van der Waals surface area contributed by atoms with E-state index >= 15 is 0 Å². The second kappa shape index (κ2) is 6.09. The Morgan fingerprint density at radius 2 is 2.14 bits per heavy atom. The molecule has 2 aromatic heterocycles. The first kappa shape index (κ1) is 16.8. The van der Waals surface area contributed by atoms with E-state index in [4.69, 9.17) is 9.47 Å². The van der Waals surface area contributed by atoms with Crippen molar-refractivity contribution in [3.05, 3.63) is 53.7 Å². The highest BCUT2D eigenvalue weighted by Gasteiger charge is 2.47. The summed E-state index contributed by atoms with van der Waals surface area (Å²) in [6.45, 7) is 0.929. The van der Waals surface area contributed by atoms with E-state index in [0.29, 0.717) is 54.3 Å². The third-order valence-corrected chi connectivity index (χ3v) is 5.49. The Balaban J connectivity index is 1.39. The van der Waals surface area contributed by atoms with E-state index in [0.717, 1.165) is 5.52 Å². The van der Waals surface area contributed by atoms with Crippen LogP contribution in [0, 0.1) is 0 Å². The largest absolute Gasteiger partial charge is 0.484 e. The van der Waals surface area contributed by atoms with Gasteiger partial charge in [0.05, 0.1) is 36.7 Å². The highest BCUT2D eigenvalue weighted by atomic mass is 16.5. The van der Waals surface area contributed by atoms with Gasteiger partial charge in [0.25, 0.3) is 5.91 Å². The highest BCUT2D eigenvalue weighted by molar-refractivity contribution is 6.01. The Bertz CT molecular complexity index is 1110. The maximum atomic E-state index is 13.0. The number of fused-ring (bicyclic) bond motifs is 2. The maximum Gasteiger partial charge on any atom is 0.270 e. The molecule has 1 saturated heterocycles. The minimum absolute atomic E-state index is 0.0676. The summed E-state index contributed by atoms with van der Waals surface area (Å²) in [6, 6.07) is 12.6. The number of rotatable bonds is 2. The summed E-state index contributed by atoms with van der Waals surface area (Å²) in [7, 11) is 1.56. The van der Waals surface area contributed by atoms with Crippen LogP contribution in [0.25, 0.3) is 11.0 Å². The second-order valence-electron chi connectivity index (χ2n) is 7.33. The molecule has 2 aliphatic rings. The molecule has 0 saturated carbocycles. The van der Waals surface area contributed by atoms with Crippen molar-refractivity contribution >= 4 is 22.7 Å². The van der Waals surface area contributed by atoms with Crippen molar-refractivity contribution in [1.29, 1.82) is 0 Å². The number of nitrogens with zero attached hydrogens (tertiary/aromatic N) is 2. The molecule has 2 aliphatic heterocycles. The van der Waals surface area contributed by atoms with E-state index in [1.165, 1.54) is 0 Å². The Morgan fingerprint density at radius 3 is 3.00 bits per heavy atom. The number of benzene rings is 1. The monoisotopic (exact) mass is 377 g/mol. The predicted octanol–water partition coefficient (Wildman–Crippen LogP) is 2.82. The number of carbonyl (C=O) groups is 2. The lowest BCUT2D eigenvalue weighted by Gasteiger charge is -2.34. The fourth-order valence-corrected chi connectivity index (χ4v) is 4.08. The molecule has 4 heterocycles. The molecule has 7 heteroatoms. The summed E-state index contributed by atoms with van der Waals surface area (Å²) in [4.78, 5) is 34.8. The number of likely N-dealkylation sites (tertiary alicyclic amines) is 1. The number of methoxy groups -OCH3 is 1. The van der Waals surface area contributed by atoms with Crippen molar-refractivity contribution in [1.82, 2.24) is 14.9 Å². The normalized spacial score (nSPS) is 21.0. The van der Waals surface area contributed by atoms with Gasteiger partial charge in [0.15, 0.2) is 5.78 Å². The predicted molar refractivity (Wildman–Crippen MR) is 102 cm³/mol. The SMILES string of the molecule is COc1ccc2[nH]c(C(=O)N3CCC4(CC(=O)c5ccccc5O4)C3)cc2n1. The highest BCUT2D eigenvalue weighted by Crippen LogP contribution is 2.39. The molecule has 142 valence electrons. The number of H-pyrrole nitrogens is 1. The average molecular weight is 377 g/mol. The first-order valence-electron chi connectivity index (χ1n) is 9.21. The van der Waals surface area contributed by atoms with Crippen molar-refractivity contribution in [3.63, 3.8) is 0 Å². The second-order valence-corrected chi connectivity index (χ2v) is 7.33. The van der Waals surface area contributed by atoms with Gasteiger partial charge in [0, 0.05) is 19.0 Å². The number of carbonyl (C=O) groups excluding carboxylic acids is 2. The van der Waals surface area contributed by atoms with Gasteiger partial charge in [-0.3, -0.25) is 9.59 Å². The van der Waals surface area contributed by atoms with Crippen molar-refractivity contribution in [2.45, 2.75) is 18.4 Å². The summed E-state index contributed by atoms with van der Waals surface area (Å²) in [5.74, 6) is 1.05. The molecule has 0 aliphatic carbocycles. The minimum atomic E-state index is -0.644. The minimum Gasteiger partial charge on any atom is -0.484 e. The van der Waals surface area contributed by atoms with Gasteiger partial charge in [-0.2, -0.15) is 0 Å². The molecule has 1 amide bonds. The van der Waals surface area contributed by atoms with Crippen LogP contribution in [0.1, 0.15) is 33.7 Å². The van der Waals surface area contributed by atoms with Crippen LogP contribution in [-0.4, -0.2) is 52.4 Å². The van der Waals surface area contributed by atoms with Gasteiger partial charge in [0.1, 0.15) is 17.0 Å². The Labute approximate surface area is 161 Å². The molecule has 28 heavy (non-hydrogen) atoms. The zero-order chi connectivity index (χ0) is 19.3. The number of hydrogen-bond acceptors (Lipinski definition) is 5. The molecule has 1 fully saturated rings. The van der Waals surface area contributed by atoms with Gasteiger partial charge in [-0.05, 0) is 24.3 Å². The number of ketones is 1. The van der Waals surface area contributed by atoms with E-state index in [9.17, 15) is 9.59 Å². The van der Waals surface area contributed by atoms with Crippen LogP contribution < -0.4 is 9.47 Å². The van der Waals surface area contributed by atoms with Crippen molar-refractivity contribution < 1.29 is 19.1 Å². The number of nitrogens with one attached hydrogen (secondary N) is 1. The fourth-order valence-electron chi connectivity index (χ4n) is 4.08. The molecule has 5 rings (SSSR count). The van der Waals surface area contributed by atoms with Gasteiger partial charge >= 0.3 is 0 Å². The average Bonchev–Trinajstić information content (AvgIpc) is 3.31. The summed E-state index contributed by atoms with van der Waals surface area (Å²) in [5.41, 5.74) is 1.89. The van der Waals surface area contributed by atoms with Crippen molar-refractivity contribution in [2.75, 3.05) is 20.2 Å². The molecule has 7 nitrogen and oxygen atoms in total. The van der Waals surface area contributed by atoms with E-state index in [1.807, 2.05) is 24.3 Å². The topological polar surface area (TPSA) is 84.5 Å². The molecular weight excluding hydrogens is 358 g/mol. The van der Waals surface area contributed by atoms with Crippen LogP contribution in [0.2, 0.25) is 0 Å². The van der Waals surface area contributed by atoms with E-state index in [1.54, 1.807) is 30.2 Å². The van der Waals surface area contributed by atoms with Crippen LogP contribution >= 0.6 is 0 Å². The standard InChI is InChI=1S/C21H19N3O4/c1-27-19-7-6-14-15(23-19)10-16(22-14)20(26)24-9-8-21(12-24)11-17(25)13-4-2-3-5-18(13)28-21/h2-7,10,22H,8-9,11-12H2,1H3. The molecule has 0 bridgehead atoms. The van der Waals surface area contributed by atoms with Gasteiger partial charge in [0.2, 0.25) is 5.88 Å². The van der Waals surface area contributed by atoms with Gasteiger partial charge in [-0.1, -0.05) is 12.1 Å². The van der Waals surface area contributed by atoms with Crippen LogP contribution in [-0.2, 0) is 0 Å². The van der Waals surface area contributed by atoms with E-state index in [-0.39, 0.29) is 11.7 Å². The summed E-state index contributed by atoms with van der Waals surface area (Å²) < 4.78 is 11.3.